The number of rotatable bonds is 6. The van der Waals surface area contributed by atoms with Crippen LogP contribution in [0.1, 0.15) is 24.1 Å². The Balaban J connectivity index is 1.41. The van der Waals surface area contributed by atoms with Crippen molar-refractivity contribution >= 4 is 17.5 Å². The summed E-state index contributed by atoms with van der Waals surface area (Å²) >= 11 is 0. The van der Waals surface area contributed by atoms with Gasteiger partial charge in [-0.15, -0.1) is 0 Å². The molecule has 1 aliphatic heterocycles. The Morgan fingerprint density at radius 1 is 0.963 bits per heavy atom. The number of aryl methyl sites for hydroxylation is 1. The molecule has 0 amide bonds. The number of benzene rings is 2. The van der Waals surface area contributed by atoms with Gasteiger partial charge in [-0.05, 0) is 49.6 Å². The molecule has 0 bridgehead atoms. The van der Waals surface area contributed by atoms with Crippen molar-refractivity contribution in [2.24, 2.45) is 0 Å². The van der Waals surface area contributed by atoms with Gasteiger partial charge in [-0.2, -0.15) is 4.98 Å². The van der Waals surface area contributed by atoms with E-state index in [1.165, 1.54) is 12.8 Å². The minimum Gasteiger partial charge on any atom is -0.489 e. The second-order valence-corrected chi connectivity index (χ2v) is 6.81. The highest BCUT2D eigenvalue weighted by Gasteiger charge is 2.16. The molecule has 1 aromatic heterocycles. The maximum absolute atomic E-state index is 5.84. The van der Waals surface area contributed by atoms with Crippen LogP contribution in [0.25, 0.3) is 0 Å². The summed E-state index contributed by atoms with van der Waals surface area (Å²) in [7, 11) is 0. The Hall–Kier alpha value is -3.08. The van der Waals surface area contributed by atoms with Crippen molar-refractivity contribution in [2.45, 2.75) is 26.4 Å². The first-order valence-corrected chi connectivity index (χ1v) is 9.41. The molecule has 1 fully saturated rings. The predicted octanol–water partition coefficient (Wildman–Crippen LogP) is 4.71. The third-order valence-electron chi connectivity index (χ3n) is 4.61. The van der Waals surface area contributed by atoms with Crippen LogP contribution in [0.5, 0.6) is 5.75 Å². The van der Waals surface area contributed by atoms with Gasteiger partial charge in [0.15, 0.2) is 0 Å². The molecule has 0 aliphatic carbocycles. The Morgan fingerprint density at radius 3 is 2.44 bits per heavy atom. The standard InChI is InChI=1S/C22H24N4O/c1-17-15-21(25-22(23-17)26-13-5-6-14-26)24-19-9-11-20(12-10-19)27-16-18-7-3-2-4-8-18/h2-4,7-12,15H,5-6,13-14,16H2,1H3,(H,23,24,25). The molecule has 0 unspecified atom stereocenters. The summed E-state index contributed by atoms with van der Waals surface area (Å²) in [5.74, 6) is 2.49. The molecular weight excluding hydrogens is 336 g/mol. The molecule has 2 aromatic carbocycles. The normalized spacial score (nSPS) is 13.6. The lowest BCUT2D eigenvalue weighted by Crippen LogP contribution is -2.21. The lowest BCUT2D eigenvalue weighted by Gasteiger charge is -2.17. The van der Waals surface area contributed by atoms with Crippen molar-refractivity contribution in [2.75, 3.05) is 23.3 Å². The van der Waals surface area contributed by atoms with Gasteiger partial charge in [0.1, 0.15) is 18.2 Å². The molecule has 27 heavy (non-hydrogen) atoms. The number of hydrogen-bond donors (Lipinski definition) is 1. The quantitative estimate of drug-likeness (QED) is 0.690. The van der Waals surface area contributed by atoms with E-state index in [1.807, 2.05) is 55.5 Å². The molecule has 0 atom stereocenters. The molecule has 4 rings (SSSR count). The molecule has 5 heteroatoms. The Bertz CT molecular complexity index is 875. The van der Waals surface area contributed by atoms with Gasteiger partial charge in [-0.3, -0.25) is 0 Å². The van der Waals surface area contributed by atoms with Crippen molar-refractivity contribution in [1.82, 2.24) is 9.97 Å². The second kappa shape index (κ2) is 8.08. The van der Waals surface area contributed by atoms with Crippen LogP contribution in [0.4, 0.5) is 17.5 Å². The molecule has 5 nitrogen and oxygen atoms in total. The molecule has 3 aromatic rings. The summed E-state index contributed by atoms with van der Waals surface area (Å²) in [6, 6.07) is 20.1. The fourth-order valence-corrected chi connectivity index (χ4v) is 3.20. The van der Waals surface area contributed by atoms with Gasteiger partial charge in [-0.1, -0.05) is 30.3 Å². The summed E-state index contributed by atoms with van der Waals surface area (Å²) in [4.78, 5) is 11.5. The van der Waals surface area contributed by atoms with Gasteiger partial charge < -0.3 is 15.0 Å². The van der Waals surface area contributed by atoms with E-state index in [-0.39, 0.29) is 0 Å². The minimum atomic E-state index is 0.567. The lowest BCUT2D eigenvalue weighted by molar-refractivity contribution is 0.306. The summed E-state index contributed by atoms with van der Waals surface area (Å²) in [5.41, 5.74) is 3.11. The van der Waals surface area contributed by atoms with Crippen molar-refractivity contribution < 1.29 is 4.74 Å². The Morgan fingerprint density at radius 2 is 1.70 bits per heavy atom. The maximum atomic E-state index is 5.84. The first-order chi connectivity index (χ1) is 13.3. The van der Waals surface area contributed by atoms with Gasteiger partial charge in [0.05, 0.1) is 0 Å². The van der Waals surface area contributed by atoms with Gasteiger partial charge in [0.2, 0.25) is 5.95 Å². The predicted molar refractivity (Wildman–Crippen MR) is 109 cm³/mol. The molecule has 0 saturated carbocycles. The zero-order valence-electron chi connectivity index (χ0n) is 15.6. The van der Waals surface area contributed by atoms with Gasteiger partial charge in [0.25, 0.3) is 0 Å². The number of anilines is 3. The summed E-state index contributed by atoms with van der Waals surface area (Å²) in [5, 5.41) is 3.38. The van der Waals surface area contributed by atoms with E-state index in [1.54, 1.807) is 0 Å². The van der Waals surface area contributed by atoms with Crippen molar-refractivity contribution in [3.8, 4) is 5.75 Å². The van der Waals surface area contributed by atoms with Crippen LogP contribution in [-0.4, -0.2) is 23.1 Å². The Kier molecular flexibility index (Phi) is 5.19. The largest absolute Gasteiger partial charge is 0.489 e. The SMILES string of the molecule is Cc1cc(Nc2ccc(OCc3ccccc3)cc2)nc(N2CCCC2)n1. The third kappa shape index (κ3) is 4.56. The van der Waals surface area contributed by atoms with E-state index >= 15 is 0 Å². The summed E-state index contributed by atoms with van der Waals surface area (Å²) in [6.07, 6.45) is 2.43. The number of nitrogens with zero attached hydrogens (tertiary/aromatic N) is 3. The van der Waals surface area contributed by atoms with E-state index in [0.717, 1.165) is 47.5 Å². The summed E-state index contributed by atoms with van der Waals surface area (Å²) < 4.78 is 5.84. The average Bonchev–Trinajstić information content (AvgIpc) is 3.23. The van der Waals surface area contributed by atoms with Crippen LogP contribution >= 0.6 is 0 Å². The molecule has 1 N–H and O–H groups in total. The molecule has 0 radical (unpaired) electrons. The molecule has 1 saturated heterocycles. The number of hydrogen-bond acceptors (Lipinski definition) is 5. The van der Waals surface area contributed by atoms with Gasteiger partial charge in [-0.25, -0.2) is 4.98 Å². The van der Waals surface area contributed by atoms with Crippen molar-refractivity contribution in [1.29, 1.82) is 0 Å². The molecule has 2 heterocycles. The van der Waals surface area contributed by atoms with E-state index in [4.69, 9.17) is 4.74 Å². The molecular formula is C22H24N4O. The molecule has 1 aliphatic rings. The monoisotopic (exact) mass is 360 g/mol. The molecule has 0 spiro atoms. The first-order valence-electron chi connectivity index (χ1n) is 9.41. The first kappa shape index (κ1) is 17.3. The van der Waals surface area contributed by atoms with Gasteiger partial charge >= 0.3 is 0 Å². The maximum Gasteiger partial charge on any atom is 0.227 e. The smallest absolute Gasteiger partial charge is 0.227 e. The van der Waals surface area contributed by atoms with Crippen LogP contribution in [0.3, 0.4) is 0 Å². The highest BCUT2D eigenvalue weighted by atomic mass is 16.5. The fraction of sp³-hybridized carbons (Fsp3) is 0.273. The van der Waals surface area contributed by atoms with Crippen LogP contribution in [-0.2, 0) is 6.61 Å². The van der Waals surface area contributed by atoms with E-state index < -0.39 is 0 Å². The van der Waals surface area contributed by atoms with Crippen LogP contribution in [0.2, 0.25) is 0 Å². The van der Waals surface area contributed by atoms with Crippen LogP contribution < -0.4 is 15.0 Å². The van der Waals surface area contributed by atoms with Crippen molar-refractivity contribution in [3.05, 3.63) is 71.9 Å². The van der Waals surface area contributed by atoms with Crippen molar-refractivity contribution in [3.63, 3.8) is 0 Å². The highest BCUT2D eigenvalue weighted by Crippen LogP contribution is 2.23. The van der Waals surface area contributed by atoms with E-state index in [9.17, 15) is 0 Å². The van der Waals surface area contributed by atoms with E-state index in [0.29, 0.717) is 6.61 Å². The minimum absolute atomic E-state index is 0.567. The number of ether oxygens (including phenoxy) is 1. The van der Waals surface area contributed by atoms with Crippen LogP contribution in [0, 0.1) is 6.92 Å². The summed E-state index contributed by atoms with van der Waals surface area (Å²) in [6.45, 7) is 4.65. The van der Waals surface area contributed by atoms with E-state index in [2.05, 4.69) is 32.3 Å². The fourth-order valence-electron chi connectivity index (χ4n) is 3.20. The average molecular weight is 360 g/mol. The lowest BCUT2D eigenvalue weighted by atomic mass is 10.2. The van der Waals surface area contributed by atoms with Gasteiger partial charge in [0, 0.05) is 30.5 Å². The topological polar surface area (TPSA) is 50.3 Å². The zero-order chi connectivity index (χ0) is 18.5. The number of aromatic nitrogens is 2. The van der Waals surface area contributed by atoms with Crippen LogP contribution in [0.15, 0.2) is 60.7 Å². The zero-order valence-corrected chi connectivity index (χ0v) is 15.6. The number of nitrogens with one attached hydrogen (secondary N) is 1. The second-order valence-electron chi connectivity index (χ2n) is 6.81. The molecule has 138 valence electrons. The highest BCUT2D eigenvalue weighted by molar-refractivity contribution is 5.58. The Labute approximate surface area is 160 Å². The third-order valence-corrected chi connectivity index (χ3v) is 4.61.